The Labute approximate surface area is 99.2 Å². The van der Waals surface area contributed by atoms with Crippen molar-refractivity contribution in [3.05, 3.63) is 24.0 Å². The van der Waals surface area contributed by atoms with Crippen LogP contribution in [-0.4, -0.2) is 10.9 Å². The van der Waals surface area contributed by atoms with E-state index in [0.29, 0.717) is 6.42 Å². The molecule has 0 radical (unpaired) electrons. The number of unbranched alkanes of at least 4 members (excludes halogenated alkanes) is 3. The lowest BCUT2D eigenvalue weighted by atomic mass is 10.1. The molecule has 0 bridgehead atoms. The van der Waals surface area contributed by atoms with Gasteiger partial charge in [-0.25, -0.2) is 0 Å². The monoisotopic (exact) mass is 242 g/mol. The lowest BCUT2D eigenvalue weighted by Gasteiger charge is -2.05. The van der Waals surface area contributed by atoms with Gasteiger partial charge >= 0.3 is 0 Å². The summed E-state index contributed by atoms with van der Waals surface area (Å²) in [6.45, 7) is 2.08. The Morgan fingerprint density at radius 3 is 2.71 bits per heavy atom. The van der Waals surface area contributed by atoms with Crippen molar-refractivity contribution in [3.63, 3.8) is 0 Å². The summed E-state index contributed by atoms with van der Waals surface area (Å²) in [6, 6.07) is 2.18. The first-order valence-corrected chi connectivity index (χ1v) is 5.75. The average Bonchev–Trinajstić information content (AvgIpc) is 2.28. The molecule has 0 spiro atoms. The van der Waals surface area contributed by atoms with Crippen molar-refractivity contribution in [2.45, 2.75) is 39.0 Å². The van der Waals surface area contributed by atoms with Crippen molar-refractivity contribution in [2.75, 3.05) is 5.32 Å². The minimum absolute atomic E-state index is 0.0770. The molecule has 94 valence electrons. The Kier molecular flexibility index (Phi) is 5.52. The topological polar surface area (TPSA) is 42.0 Å². The molecule has 1 N–H and O–H groups in total. The van der Waals surface area contributed by atoms with E-state index in [0.717, 1.165) is 31.7 Å². The summed E-state index contributed by atoms with van der Waals surface area (Å²) in [5.74, 6) is -2.16. The van der Waals surface area contributed by atoms with Gasteiger partial charge in [0.1, 0.15) is 0 Å². The van der Waals surface area contributed by atoms with E-state index in [2.05, 4.69) is 17.2 Å². The SMILES string of the molecule is CCCCCCC(=O)Nc1ccc(F)nc1F. The molecule has 5 heteroatoms. The summed E-state index contributed by atoms with van der Waals surface area (Å²) in [7, 11) is 0. The minimum atomic E-state index is -0.994. The van der Waals surface area contributed by atoms with Crippen molar-refractivity contribution in [2.24, 2.45) is 0 Å². The molecular formula is C12H16F2N2O. The van der Waals surface area contributed by atoms with Gasteiger partial charge in [0.15, 0.2) is 0 Å². The number of aromatic nitrogens is 1. The van der Waals surface area contributed by atoms with Crippen molar-refractivity contribution in [1.82, 2.24) is 4.98 Å². The quantitative estimate of drug-likeness (QED) is 0.614. The molecule has 0 unspecified atom stereocenters. The van der Waals surface area contributed by atoms with E-state index < -0.39 is 11.9 Å². The smallest absolute Gasteiger partial charge is 0.239 e. The van der Waals surface area contributed by atoms with E-state index in [-0.39, 0.29) is 11.6 Å². The van der Waals surface area contributed by atoms with Crippen LogP contribution >= 0.6 is 0 Å². The molecule has 0 aliphatic carbocycles. The number of rotatable bonds is 6. The van der Waals surface area contributed by atoms with Crippen LogP contribution < -0.4 is 5.32 Å². The molecule has 0 saturated carbocycles. The molecule has 1 aromatic rings. The number of pyridine rings is 1. The number of halogens is 2. The largest absolute Gasteiger partial charge is 0.322 e. The maximum Gasteiger partial charge on any atom is 0.239 e. The maximum absolute atomic E-state index is 13.1. The number of amides is 1. The summed E-state index contributed by atoms with van der Waals surface area (Å²) in [5, 5.41) is 2.37. The fourth-order valence-electron chi connectivity index (χ4n) is 1.43. The Morgan fingerprint density at radius 2 is 2.06 bits per heavy atom. The van der Waals surface area contributed by atoms with Gasteiger partial charge in [0, 0.05) is 6.42 Å². The highest BCUT2D eigenvalue weighted by Gasteiger charge is 2.08. The summed E-state index contributed by atoms with van der Waals surface area (Å²) in [6.07, 6.45) is 4.28. The molecule has 0 fully saturated rings. The molecule has 0 saturated heterocycles. The van der Waals surface area contributed by atoms with Crippen LogP contribution in [0.5, 0.6) is 0 Å². The second kappa shape index (κ2) is 6.93. The standard InChI is InChI=1S/C12H16F2N2O/c1-2-3-4-5-6-11(17)15-9-7-8-10(13)16-12(9)14/h7-8H,2-6H2,1H3,(H,15,17). The Bertz CT molecular complexity index is 383. The highest BCUT2D eigenvalue weighted by atomic mass is 19.1. The highest BCUT2D eigenvalue weighted by Crippen LogP contribution is 2.12. The normalized spacial score (nSPS) is 10.3. The van der Waals surface area contributed by atoms with Crippen LogP contribution in [0, 0.1) is 11.9 Å². The first-order chi connectivity index (χ1) is 8.13. The molecule has 1 aromatic heterocycles. The highest BCUT2D eigenvalue weighted by molar-refractivity contribution is 5.90. The zero-order chi connectivity index (χ0) is 12.7. The van der Waals surface area contributed by atoms with Gasteiger partial charge in [-0.15, -0.1) is 0 Å². The lowest BCUT2D eigenvalue weighted by molar-refractivity contribution is -0.116. The second-order valence-corrected chi connectivity index (χ2v) is 3.83. The van der Waals surface area contributed by atoms with Crippen LogP contribution in [0.4, 0.5) is 14.5 Å². The third-order valence-electron chi connectivity index (χ3n) is 2.35. The number of hydrogen-bond acceptors (Lipinski definition) is 2. The fraction of sp³-hybridized carbons (Fsp3) is 0.500. The van der Waals surface area contributed by atoms with Crippen LogP contribution in [0.1, 0.15) is 39.0 Å². The Morgan fingerprint density at radius 1 is 1.29 bits per heavy atom. The third-order valence-corrected chi connectivity index (χ3v) is 2.35. The van der Waals surface area contributed by atoms with Crippen molar-refractivity contribution in [1.29, 1.82) is 0 Å². The Balaban J connectivity index is 2.40. The number of carbonyl (C=O) groups excluding carboxylic acids is 1. The van der Waals surface area contributed by atoms with Crippen LogP contribution in [-0.2, 0) is 4.79 Å². The first kappa shape index (κ1) is 13.5. The summed E-state index contributed by atoms with van der Waals surface area (Å²) in [5.41, 5.74) is -0.0770. The first-order valence-electron chi connectivity index (χ1n) is 5.75. The van der Waals surface area contributed by atoms with Crippen LogP contribution in [0.25, 0.3) is 0 Å². The van der Waals surface area contributed by atoms with Gasteiger partial charge in [0.25, 0.3) is 0 Å². The zero-order valence-electron chi connectivity index (χ0n) is 9.80. The van der Waals surface area contributed by atoms with Crippen molar-refractivity contribution >= 4 is 11.6 Å². The van der Waals surface area contributed by atoms with Gasteiger partial charge in [-0.2, -0.15) is 13.8 Å². The van der Waals surface area contributed by atoms with E-state index in [1.807, 2.05) is 0 Å². The zero-order valence-corrected chi connectivity index (χ0v) is 9.80. The van der Waals surface area contributed by atoms with Crippen LogP contribution in [0.2, 0.25) is 0 Å². The van der Waals surface area contributed by atoms with Crippen molar-refractivity contribution < 1.29 is 13.6 Å². The van der Waals surface area contributed by atoms with Gasteiger partial charge < -0.3 is 5.32 Å². The predicted octanol–water partition coefficient (Wildman–Crippen LogP) is 3.27. The number of carbonyl (C=O) groups is 1. The summed E-state index contributed by atoms with van der Waals surface area (Å²) >= 11 is 0. The molecule has 1 heterocycles. The molecule has 3 nitrogen and oxygen atoms in total. The van der Waals surface area contributed by atoms with Crippen molar-refractivity contribution in [3.8, 4) is 0 Å². The lowest BCUT2D eigenvalue weighted by Crippen LogP contribution is -2.13. The second-order valence-electron chi connectivity index (χ2n) is 3.83. The van der Waals surface area contributed by atoms with Gasteiger partial charge in [-0.3, -0.25) is 4.79 Å². The molecular weight excluding hydrogens is 226 g/mol. The Hall–Kier alpha value is -1.52. The number of hydrogen-bond donors (Lipinski definition) is 1. The molecule has 0 aliphatic rings. The van der Waals surface area contributed by atoms with Gasteiger partial charge in [-0.1, -0.05) is 26.2 Å². The van der Waals surface area contributed by atoms with Gasteiger partial charge in [-0.05, 0) is 18.6 Å². The van der Waals surface area contributed by atoms with Crippen LogP contribution in [0.15, 0.2) is 12.1 Å². The number of nitrogens with one attached hydrogen (secondary N) is 1. The molecule has 1 amide bonds. The van der Waals surface area contributed by atoms with E-state index in [4.69, 9.17) is 0 Å². The third kappa shape index (κ3) is 4.89. The fourth-order valence-corrected chi connectivity index (χ4v) is 1.43. The molecule has 0 aliphatic heterocycles. The maximum atomic E-state index is 13.1. The molecule has 0 aromatic carbocycles. The summed E-state index contributed by atoms with van der Waals surface area (Å²) < 4.78 is 25.6. The summed E-state index contributed by atoms with van der Waals surface area (Å²) in [4.78, 5) is 14.4. The van der Waals surface area contributed by atoms with E-state index in [1.54, 1.807) is 0 Å². The van der Waals surface area contributed by atoms with E-state index in [9.17, 15) is 13.6 Å². The van der Waals surface area contributed by atoms with Gasteiger partial charge in [0.2, 0.25) is 17.8 Å². The predicted molar refractivity (Wildman–Crippen MR) is 61.5 cm³/mol. The number of nitrogens with zero attached hydrogens (tertiary/aromatic N) is 1. The molecule has 1 rings (SSSR count). The average molecular weight is 242 g/mol. The van der Waals surface area contributed by atoms with Crippen LogP contribution in [0.3, 0.4) is 0 Å². The minimum Gasteiger partial charge on any atom is -0.322 e. The molecule has 0 atom stereocenters. The van der Waals surface area contributed by atoms with E-state index in [1.165, 1.54) is 6.07 Å². The number of anilines is 1. The molecule has 17 heavy (non-hydrogen) atoms. The van der Waals surface area contributed by atoms with Gasteiger partial charge in [0.05, 0.1) is 5.69 Å². The van der Waals surface area contributed by atoms with E-state index >= 15 is 0 Å².